The number of aromatic nitrogens is 2. The predicted octanol–water partition coefficient (Wildman–Crippen LogP) is 4.15. The number of carbonyl (C=O) groups excluding carboxylic acids is 1. The number of anilines is 2. The van der Waals surface area contributed by atoms with Gasteiger partial charge < -0.3 is 23.8 Å². The summed E-state index contributed by atoms with van der Waals surface area (Å²) in [7, 11) is -3.89. The average Bonchev–Trinajstić information content (AvgIpc) is 3.19. The van der Waals surface area contributed by atoms with Crippen molar-refractivity contribution in [3.05, 3.63) is 65.5 Å². The second-order valence-corrected chi connectivity index (χ2v) is 10.7. The van der Waals surface area contributed by atoms with Crippen LogP contribution in [0.1, 0.15) is 29.8 Å². The molecule has 0 radical (unpaired) electrons. The smallest absolute Gasteiger partial charge is 0.264 e. The molecule has 11 nitrogen and oxygen atoms in total. The number of aryl methyl sites for hydroxylation is 1. The second kappa shape index (κ2) is 8.37. The van der Waals surface area contributed by atoms with Gasteiger partial charge in [-0.25, -0.2) is 13.1 Å². The number of nitrogens with one attached hydrogen (secondary N) is 2. The third kappa shape index (κ3) is 4.08. The number of fused-ring (bicyclic) bond motifs is 1. The van der Waals surface area contributed by atoms with Crippen molar-refractivity contribution in [2.24, 2.45) is 0 Å². The number of sulfonamides is 1. The molecule has 2 aromatic heterocycles. The Balaban J connectivity index is 1.16. The highest BCUT2D eigenvalue weighted by Gasteiger charge is 2.54. The molecule has 190 valence electrons. The number of carbonyl (C=O) groups is 1. The largest absolute Gasteiger partial charge is 0.454 e. The fourth-order valence-corrected chi connectivity index (χ4v) is 5.12. The van der Waals surface area contributed by atoms with E-state index in [9.17, 15) is 13.2 Å². The fraction of sp³-hybridized carbons (Fsp3) is 0.240. The zero-order valence-electron chi connectivity index (χ0n) is 19.9. The molecule has 4 aromatic rings. The molecule has 2 aromatic carbocycles. The second-order valence-electron chi connectivity index (χ2n) is 9.03. The van der Waals surface area contributed by atoms with Gasteiger partial charge in [-0.05, 0) is 69.2 Å². The summed E-state index contributed by atoms with van der Waals surface area (Å²) in [5.74, 6) is 1.64. The van der Waals surface area contributed by atoms with Gasteiger partial charge in [0.2, 0.25) is 18.6 Å². The van der Waals surface area contributed by atoms with E-state index in [-0.39, 0.29) is 23.5 Å². The van der Waals surface area contributed by atoms with Crippen LogP contribution in [0.2, 0.25) is 0 Å². The lowest BCUT2D eigenvalue weighted by atomic mass is 10.00. The van der Waals surface area contributed by atoms with Crippen LogP contribution in [0.4, 0.5) is 11.6 Å². The van der Waals surface area contributed by atoms with Gasteiger partial charge in [-0.15, -0.1) is 0 Å². The number of amides is 1. The maximum Gasteiger partial charge on any atom is 0.264 e. The first kappa shape index (κ1) is 23.1. The van der Waals surface area contributed by atoms with Gasteiger partial charge in [0.25, 0.3) is 10.0 Å². The molecule has 37 heavy (non-hydrogen) atoms. The van der Waals surface area contributed by atoms with Gasteiger partial charge in [0.1, 0.15) is 0 Å². The number of hydrogen-bond acceptors (Lipinski definition) is 9. The number of rotatable bonds is 7. The topological polar surface area (TPSA) is 146 Å². The minimum atomic E-state index is -3.89. The highest BCUT2D eigenvalue weighted by Crippen LogP contribution is 2.49. The first-order valence-corrected chi connectivity index (χ1v) is 13.0. The maximum absolute atomic E-state index is 13.2. The molecular weight excluding hydrogens is 500 g/mol. The normalized spacial score (nSPS) is 15.4. The minimum absolute atomic E-state index is 0.0185. The third-order valence-electron chi connectivity index (χ3n) is 6.65. The van der Waals surface area contributed by atoms with Crippen molar-refractivity contribution in [2.75, 3.05) is 16.8 Å². The van der Waals surface area contributed by atoms with Gasteiger partial charge in [0, 0.05) is 22.9 Å². The highest BCUT2D eigenvalue weighted by atomic mass is 32.2. The van der Waals surface area contributed by atoms with Crippen LogP contribution in [0, 0.1) is 13.8 Å². The summed E-state index contributed by atoms with van der Waals surface area (Å²) in [6.45, 7) is 3.61. The number of benzene rings is 2. The van der Waals surface area contributed by atoms with Crippen molar-refractivity contribution in [1.29, 1.82) is 0 Å². The molecule has 6 rings (SSSR count). The molecule has 1 amide bonds. The van der Waals surface area contributed by atoms with E-state index in [0.29, 0.717) is 52.7 Å². The zero-order chi connectivity index (χ0) is 25.8. The van der Waals surface area contributed by atoms with E-state index in [4.69, 9.17) is 18.5 Å². The lowest BCUT2D eigenvalue weighted by Gasteiger charge is -2.13. The molecule has 1 aliphatic heterocycles. The van der Waals surface area contributed by atoms with Crippen LogP contribution in [-0.2, 0) is 20.2 Å². The van der Waals surface area contributed by atoms with Crippen molar-refractivity contribution in [3.8, 4) is 22.8 Å². The quantitative estimate of drug-likeness (QED) is 0.365. The van der Waals surface area contributed by atoms with Crippen molar-refractivity contribution in [2.45, 2.75) is 37.0 Å². The molecule has 0 bridgehead atoms. The molecule has 0 spiro atoms. The first-order valence-electron chi connectivity index (χ1n) is 11.5. The van der Waals surface area contributed by atoms with Crippen molar-refractivity contribution in [1.82, 2.24) is 10.3 Å². The van der Waals surface area contributed by atoms with Gasteiger partial charge in [0.05, 0.1) is 21.7 Å². The van der Waals surface area contributed by atoms with Gasteiger partial charge >= 0.3 is 0 Å². The van der Waals surface area contributed by atoms with E-state index in [1.54, 1.807) is 26.0 Å². The summed E-state index contributed by atoms with van der Waals surface area (Å²) < 4.78 is 49.2. The van der Waals surface area contributed by atoms with E-state index < -0.39 is 15.4 Å². The molecule has 1 saturated carbocycles. The van der Waals surface area contributed by atoms with Crippen molar-refractivity contribution < 1.29 is 31.7 Å². The SMILES string of the molecule is Cc1noc(NS(=O)(=O)c2ccc(NC(=O)C3(c4cc(-c5ccc6c(c5)OCO6)on4)CC3)cc2)c1C. The molecular formula is C25H22N4O7S. The molecule has 2 N–H and O–H groups in total. The van der Waals surface area contributed by atoms with Crippen LogP contribution in [0.5, 0.6) is 11.5 Å². The van der Waals surface area contributed by atoms with E-state index in [1.165, 1.54) is 24.3 Å². The van der Waals surface area contributed by atoms with Crippen LogP contribution in [0.25, 0.3) is 11.3 Å². The summed E-state index contributed by atoms with van der Waals surface area (Å²) in [6, 6.07) is 13.1. The van der Waals surface area contributed by atoms with Crippen LogP contribution < -0.4 is 19.5 Å². The van der Waals surface area contributed by atoms with Gasteiger partial charge in [-0.2, -0.15) is 0 Å². The molecule has 1 fully saturated rings. The zero-order valence-corrected chi connectivity index (χ0v) is 20.7. The standard InChI is InChI=1S/C25H22N4O7S/c1-14-15(2)27-36-23(14)29-37(31,32)18-6-4-17(5-7-18)26-24(30)25(9-10-25)22-12-20(35-28-22)16-3-8-19-21(11-16)34-13-33-19/h3-8,11-12,29H,9-10,13H2,1-2H3,(H,26,30). The summed E-state index contributed by atoms with van der Waals surface area (Å²) in [4.78, 5) is 13.2. The number of ether oxygens (including phenoxy) is 2. The Morgan fingerprint density at radius 2 is 1.70 bits per heavy atom. The predicted molar refractivity (Wildman–Crippen MR) is 131 cm³/mol. The first-order chi connectivity index (χ1) is 17.7. The molecule has 1 aliphatic carbocycles. The van der Waals surface area contributed by atoms with E-state index in [0.717, 1.165) is 5.56 Å². The monoisotopic (exact) mass is 522 g/mol. The van der Waals surface area contributed by atoms with Gasteiger partial charge in [-0.1, -0.05) is 10.3 Å². The summed E-state index contributed by atoms with van der Waals surface area (Å²) >= 11 is 0. The Bertz CT molecular complexity index is 1620. The lowest BCUT2D eigenvalue weighted by Crippen LogP contribution is -2.28. The Hall–Kier alpha value is -4.32. The Labute approximate surface area is 211 Å². The van der Waals surface area contributed by atoms with Crippen molar-refractivity contribution >= 4 is 27.5 Å². The molecule has 0 atom stereocenters. The molecule has 12 heteroatoms. The average molecular weight is 523 g/mol. The molecule has 0 unspecified atom stereocenters. The van der Waals surface area contributed by atoms with E-state index in [1.807, 2.05) is 12.1 Å². The van der Waals surface area contributed by atoms with Crippen LogP contribution in [-0.4, -0.2) is 31.4 Å². The summed E-state index contributed by atoms with van der Waals surface area (Å²) in [5, 5.41) is 10.8. The lowest BCUT2D eigenvalue weighted by molar-refractivity contribution is -0.118. The Morgan fingerprint density at radius 1 is 0.946 bits per heavy atom. The number of nitrogens with zero attached hydrogens (tertiary/aromatic N) is 2. The van der Waals surface area contributed by atoms with Crippen molar-refractivity contribution in [3.63, 3.8) is 0 Å². The minimum Gasteiger partial charge on any atom is -0.454 e. The third-order valence-corrected chi connectivity index (χ3v) is 8.00. The highest BCUT2D eigenvalue weighted by molar-refractivity contribution is 7.92. The van der Waals surface area contributed by atoms with Gasteiger partial charge in [-0.3, -0.25) is 4.79 Å². The summed E-state index contributed by atoms with van der Waals surface area (Å²) in [5.41, 5.74) is 2.17. The van der Waals surface area contributed by atoms with Crippen LogP contribution in [0.15, 0.2) is 62.5 Å². The molecule has 0 saturated heterocycles. The van der Waals surface area contributed by atoms with Gasteiger partial charge in [0.15, 0.2) is 17.3 Å². The molecule has 2 aliphatic rings. The van der Waals surface area contributed by atoms with E-state index in [2.05, 4.69) is 20.4 Å². The van der Waals surface area contributed by atoms with E-state index >= 15 is 0 Å². The molecule has 3 heterocycles. The summed E-state index contributed by atoms with van der Waals surface area (Å²) in [6.07, 6.45) is 1.25. The number of hydrogen-bond donors (Lipinski definition) is 2. The maximum atomic E-state index is 13.2. The Kier molecular flexibility index (Phi) is 5.23. The Morgan fingerprint density at radius 3 is 2.41 bits per heavy atom. The van der Waals surface area contributed by atoms with Crippen LogP contribution >= 0.6 is 0 Å². The van der Waals surface area contributed by atoms with Crippen LogP contribution in [0.3, 0.4) is 0 Å². The fourth-order valence-electron chi connectivity index (χ4n) is 4.07.